The van der Waals surface area contributed by atoms with Gasteiger partial charge in [-0.3, -0.25) is 9.59 Å². The van der Waals surface area contributed by atoms with E-state index in [1.807, 2.05) is 19.1 Å². The van der Waals surface area contributed by atoms with Gasteiger partial charge in [-0.2, -0.15) is 0 Å². The maximum Gasteiger partial charge on any atom is 0.261 e. The first-order chi connectivity index (χ1) is 15.3. The molecule has 2 aliphatic heterocycles. The Morgan fingerprint density at radius 3 is 2.30 bits per heavy atom. The normalized spacial score (nSPS) is 15.7. The largest absolute Gasteiger partial charge is 0.483 e. The van der Waals surface area contributed by atoms with Gasteiger partial charge in [0.1, 0.15) is 28.5 Å². The van der Waals surface area contributed by atoms with Crippen LogP contribution in [0.25, 0.3) is 11.1 Å². The third-order valence-electron chi connectivity index (χ3n) is 5.97. The van der Waals surface area contributed by atoms with E-state index in [1.165, 1.54) is 6.07 Å². The van der Waals surface area contributed by atoms with Crippen molar-refractivity contribution < 1.29 is 23.1 Å². The van der Waals surface area contributed by atoms with Crippen LogP contribution in [0.3, 0.4) is 0 Å². The Balaban J connectivity index is 0.00000259. The molecule has 0 aliphatic carbocycles. The van der Waals surface area contributed by atoms with Crippen molar-refractivity contribution >= 4 is 29.8 Å². The van der Waals surface area contributed by atoms with Crippen LogP contribution in [0.15, 0.2) is 54.6 Å². The summed E-state index contributed by atoms with van der Waals surface area (Å²) in [4.78, 5) is 24.9. The molecule has 1 spiro atoms. The van der Waals surface area contributed by atoms with Crippen LogP contribution in [0.5, 0.6) is 5.75 Å². The molecule has 2 heterocycles. The number of ether oxygens (including phenoxy) is 1. The highest BCUT2D eigenvalue weighted by molar-refractivity contribution is 6.05. The van der Waals surface area contributed by atoms with E-state index in [2.05, 4.69) is 10.6 Å². The van der Waals surface area contributed by atoms with Crippen LogP contribution in [0.1, 0.15) is 32.7 Å². The summed E-state index contributed by atoms with van der Waals surface area (Å²) in [5.74, 6) is -2.03. The van der Waals surface area contributed by atoms with Gasteiger partial charge in [-0.15, -0.1) is 12.4 Å². The Bertz CT molecular complexity index is 1240. The maximum atomic E-state index is 13.8. The summed E-state index contributed by atoms with van der Waals surface area (Å²) in [7, 11) is 0. The average molecular weight is 471 g/mol. The van der Waals surface area contributed by atoms with Crippen LogP contribution in [-0.4, -0.2) is 30.4 Å². The molecule has 170 valence electrons. The average Bonchev–Trinajstić information content (AvgIpc) is 2.73. The highest BCUT2D eigenvalue weighted by Gasteiger charge is 2.45. The molecule has 2 aliphatic rings. The molecule has 8 heteroatoms. The van der Waals surface area contributed by atoms with Crippen molar-refractivity contribution in [2.45, 2.75) is 18.9 Å². The van der Waals surface area contributed by atoms with Crippen LogP contribution >= 0.6 is 12.4 Å². The summed E-state index contributed by atoms with van der Waals surface area (Å²) >= 11 is 0. The first-order valence-corrected chi connectivity index (χ1v) is 10.3. The van der Waals surface area contributed by atoms with Crippen LogP contribution in [0, 0.1) is 18.6 Å². The molecule has 0 saturated carbocycles. The predicted octanol–water partition coefficient (Wildman–Crippen LogP) is 4.92. The van der Waals surface area contributed by atoms with Crippen molar-refractivity contribution in [3.05, 3.63) is 82.9 Å². The van der Waals surface area contributed by atoms with Crippen molar-refractivity contribution in [2.24, 2.45) is 0 Å². The maximum absolute atomic E-state index is 13.8. The monoisotopic (exact) mass is 470 g/mol. The van der Waals surface area contributed by atoms with Gasteiger partial charge in [-0.25, -0.2) is 8.78 Å². The summed E-state index contributed by atoms with van der Waals surface area (Å²) < 4.78 is 33.9. The minimum atomic E-state index is -0.919. The lowest BCUT2D eigenvalue weighted by molar-refractivity contribution is 0.00243. The molecule has 0 bridgehead atoms. The van der Waals surface area contributed by atoms with Gasteiger partial charge in [-0.05, 0) is 60.0 Å². The van der Waals surface area contributed by atoms with Gasteiger partial charge in [0.2, 0.25) is 0 Å². The van der Waals surface area contributed by atoms with Crippen LogP contribution in [0.2, 0.25) is 0 Å². The fourth-order valence-corrected chi connectivity index (χ4v) is 4.20. The quantitative estimate of drug-likeness (QED) is 0.570. The SMILES string of the molecule is Cc1cc2c(cc1-c1ccc(NC(=O)c3c(F)cccc3F)cc1)OC1(CNC1)CC2=O.Cl. The predicted molar refractivity (Wildman–Crippen MR) is 123 cm³/mol. The van der Waals surface area contributed by atoms with Gasteiger partial charge in [0, 0.05) is 18.8 Å². The molecule has 1 fully saturated rings. The topological polar surface area (TPSA) is 67.4 Å². The molecule has 3 aromatic carbocycles. The van der Waals surface area contributed by atoms with E-state index in [9.17, 15) is 18.4 Å². The van der Waals surface area contributed by atoms with Crippen LogP contribution in [-0.2, 0) is 0 Å². The Kier molecular flexibility index (Phi) is 5.95. The number of ketones is 1. The summed E-state index contributed by atoms with van der Waals surface area (Å²) in [6.07, 6.45) is 0.378. The fraction of sp³-hybridized carbons (Fsp3) is 0.200. The number of amides is 1. The van der Waals surface area contributed by atoms with Gasteiger partial charge in [-0.1, -0.05) is 18.2 Å². The number of anilines is 1. The molecule has 1 saturated heterocycles. The number of aryl methyl sites for hydroxylation is 1. The summed E-state index contributed by atoms with van der Waals surface area (Å²) in [5, 5.41) is 5.68. The molecule has 5 nitrogen and oxygen atoms in total. The summed E-state index contributed by atoms with van der Waals surface area (Å²) in [6, 6.07) is 13.9. The van der Waals surface area contributed by atoms with Crippen molar-refractivity contribution in [2.75, 3.05) is 18.4 Å². The molecule has 33 heavy (non-hydrogen) atoms. The number of halogens is 3. The third-order valence-corrected chi connectivity index (χ3v) is 5.97. The zero-order valence-corrected chi connectivity index (χ0v) is 18.5. The van der Waals surface area contributed by atoms with E-state index >= 15 is 0 Å². The van der Waals surface area contributed by atoms with Crippen molar-refractivity contribution in [1.82, 2.24) is 5.32 Å². The number of Topliss-reactive ketones (excluding diaryl/α,β-unsaturated/α-hetero) is 1. The van der Waals surface area contributed by atoms with Crippen LogP contribution < -0.4 is 15.4 Å². The number of hydrogen-bond donors (Lipinski definition) is 2. The van der Waals surface area contributed by atoms with Gasteiger partial charge in [0.25, 0.3) is 5.91 Å². The summed E-state index contributed by atoms with van der Waals surface area (Å²) in [5.41, 5.74) is 2.62. The van der Waals surface area contributed by atoms with Crippen molar-refractivity contribution in [1.29, 1.82) is 0 Å². The number of rotatable bonds is 3. The van der Waals surface area contributed by atoms with Crippen LogP contribution in [0.4, 0.5) is 14.5 Å². The highest BCUT2D eigenvalue weighted by atomic mass is 35.5. The Morgan fingerprint density at radius 1 is 1.03 bits per heavy atom. The lowest BCUT2D eigenvalue weighted by Gasteiger charge is -2.45. The van der Waals surface area contributed by atoms with E-state index < -0.39 is 28.7 Å². The van der Waals surface area contributed by atoms with E-state index in [0.29, 0.717) is 36.5 Å². The molecule has 3 aromatic rings. The third kappa shape index (κ3) is 4.10. The first kappa shape index (κ1) is 22.9. The minimum Gasteiger partial charge on any atom is -0.483 e. The number of fused-ring (bicyclic) bond motifs is 1. The fourth-order valence-electron chi connectivity index (χ4n) is 4.20. The van der Waals surface area contributed by atoms with E-state index in [-0.39, 0.29) is 18.2 Å². The second-order valence-corrected chi connectivity index (χ2v) is 8.28. The molecule has 5 rings (SSSR count). The number of nitrogens with one attached hydrogen (secondary N) is 2. The Labute approximate surface area is 195 Å². The highest BCUT2D eigenvalue weighted by Crippen LogP contribution is 2.39. The van der Waals surface area contributed by atoms with Gasteiger partial charge >= 0.3 is 0 Å². The number of carbonyl (C=O) groups is 2. The standard InChI is InChI=1S/C25H20F2N2O3.ClH/c1-14-9-18-21(30)11-25(12-28-13-25)32-22(18)10-17(14)15-5-7-16(8-6-15)29-24(31)23-19(26)3-2-4-20(23)27;/h2-10,28H,11-13H2,1H3,(H,29,31);1H. The lowest BCUT2D eigenvalue weighted by Crippen LogP contribution is -2.65. The molecular weight excluding hydrogens is 450 g/mol. The molecule has 0 radical (unpaired) electrons. The van der Waals surface area contributed by atoms with Gasteiger partial charge < -0.3 is 15.4 Å². The smallest absolute Gasteiger partial charge is 0.261 e. The van der Waals surface area contributed by atoms with E-state index in [0.717, 1.165) is 28.8 Å². The summed E-state index contributed by atoms with van der Waals surface area (Å²) in [6.45, 7) is 3.23. The van der Waals surface area contributed by atoms with Crippen molar-refractivity contribution in [3.8, 4) is 16.9 Å². The molecule has 1 amide bonds. The number of carbonyl (C=O) groups excluding carboxylic acids is 2. The zero-order valence-electron chi connectivity index (χ0n) is 17.7. The minimum absolute atomic E-state index is 0. The zero-order chi connectivity index (χ0) is 22.5. The second kappa shape index (κ2) is 8.57. The Hall–Kier alpha value is -3.29. The second-order valence-electron chi connectivity index (χ2n) is 8.28. The van der Waals surface area contributed by atoms with E-state index in [1.54, 1.807) is 24.3 Å². The van der Waals surface area contributed by atoms with E-state index in [4.69, 9.17) is 4.74 Å². The molecule has 0 aromatic heterocycles. The molecule has 0 atom stereocenters. The van der Waals surface area contributed by atoms with Gasteiger partial charge in [0.15, 0.2) is 5.78 Å². The molecule has 0 unspecified atom stereocenters. The Morgan fingerprint density at radius 2 is 1.70 bits per heavy atom. The lowest BCUT2D eigenvalue weighted by atomic mass is 9.84. The van der Waals surface area contributed by atoms with Crippen molar-refractivity contribution in [3.63, 3.8) is 0 Å². The number of benzene rings is 3. The first-order valence-electron chi connectivity index (χ1n) is 10.3. The molecule has 2 N–H and O–H groups in total. The van der Waals surface area contributed by atoms with Gasteiger partial charge in [0.05, 0.1) is 12.0 Å². The number of hydrogen-bond acceptors (Lipinski definition) is 4. The molecular formula is C25H21ClF2N2O3.